The summed E-state index contributed by atoms with van der Waals surface area (Å²) in [6.07, 6.45) is -0.602. The van der Waals surface area contributed by atoms with Gasteiger partial charge in [-0.15, -0.1) is 0 Å². The van der Waals surface area contributed by atoms with Crippen molar-refractivity contribution in [2.75, 3.05) is 25.2 Å². The van der Waals surface area contributed by atoms with E-state index in [0.717, 1.165) is 5.56 Å². The lowest BCUT2D eigenvalue weighted by molar-refractivity contribution is -0.160. The number of carbonyl (C=O) groups is 2. The third-order valence-corrected chi connectivity index (χ3v) is 6.73. The highest BCUT2D eigenvalue weighted by molar-refractivity contribution is 7.91. The van der Waals surface area contributed by atoms with E-state index in [2.05, 4.69) is 13.8 Å². The van der Waals surface area contributed by atoms with Crippen LogP contribution >= 0.6 is 0 Å². The topological polar surface area (TPSA) is 90.0 Å². The molecule has 1 amide bonds. The van der Waals surface area contributed by atoms with Crippen LogP contribution in [0.5, 0.6) is 5.75 Å². The molecule has 1 aromatic carbocycles. The summed E-state index contributed by atoms with van der Waals surface area (Å²) in [4.78, 5) is 25.8. The number of hydrogen-bond acceptors (Lipinski definition) is 6. The van der Waals surface area contributed by atoms with Gasteiger partial charge < -0.3 is 14.4 Å². The monoisotopic (exact) mass is 411 g/mol. The Hall–Kier alpha value is -2.09. The van der Waals surface area contributed by atoms with E-state index in [1.807, 2.05) is 19.1 Å². The van der Waals surface area contributed by atoms with Crippen molar-refractivity contribution in [2.45, 2.75) is 52.2 Å². The van der Waals surface area contributed by atoms with Crippen molar-refractivity contribution in [2.24, 2.45) is 0 Å². The molecule has 1 aliphatic heterocycles. The molecule has 156 valence electrons. The zero-order valence-corrected chi connectivity index (χ0v) is 17.9. The second-order valence-electron chi connectivity index (χ2n) is 7.60. The van der Waals surface area contributed by atoms with Gasteiger partial charge in [0, 0.05) is 13.1 Å². The van der Waals surface area contributed by atoms with Crippen molar-refractivity contribution >= 4 is 21.7 Å². The average Bonchev–Trinajstić information content (AvgIpc) is 2.98. The van der Waals surface area contributed by atoms with Crippen LogP contribution in [0.2, 0.25) is 0 Å². The van der Waals surface area contributed by atoms with Gasteiger partial charge in [-0.2, -0.15) is 0 Å². The fourth-order valence-corrected chi connectivity index (χ4v) is 5.13. The smallest absolute Gasteiger partial charge is 0.344 e. The van der Waals surface area contributed by atoms with Crippen LogP contribution in [0.15, 0.2) is 18.2 Å². The van der Waals surface area contributed by atoms with Gasteiger partial charge in [-0.3, -0.25) is 4.79 Å². The lowest BCUT2D eigenvalue weighted by Gasteiger charge is -2.26. The standard InChI is InChI=1S/C20H29NO6S/c1-13(2)18-7-6-17(10-14(18)3)26-11-19(22)27-15(4)20(23)21(5)16-8-9-28(24,25)12-16/h6-7,10,13,15-16H,8-9,11-12H2,1-5H3/t15-,16-/m1/s1. The van der Waals surface area contributed by atoms with Gasteiger partial charge >= 0.3 is 5.97 Å². The molecule has 0 radical (unpaired) electrons. The second kappa shape index (κ2) is 8.94. The van der Waals surface area contributed by atoms with Gasteiger partial charge in [0.15, 0.2) is 22.5 Å². The predicted molar refractivity (Wildman–Crippen MR) is 106 cm³/mol. The summed E-state index contributed by atoms with van der Waals surface area (Å²) in [7, 11) is -1.56. The Morgan fingerprint density at radius 2 is 1.93 bits per heavy atom. The molecule has 0 aromatic heterocycles. The Bertz CT molecular complexity index is 833. The van der Waals surface area contributed by atoms with E-state index in [1.54, 1.807) is 6.07 Å². The molecule has 2 atom stereocenters. The Kier molecular flexibility index (Phi) is 7.09. The molecule has 28 heavy (non-hydrogen) atoms. The molecule has 0 spiro atoms. The maximum Gasteiger partial charge on any atom is 0.344 e. The number of likely N-dealkylation sites (N-methyl/N-ethyl adjacent to an activating group) is 1. The number of ether oxygens (including phenoxy) is 2. The Labute approximate surface area is 166 Å². The molecule has 1 saturated heterocycles. The maximum atomic E-state index is 12.4. The number of hydrogen-bond donors (Lipinski definition) is 0. The van der Waals surface area contributed by atoms with Gasteiger partial charge in [0.25, 0.3) is 5.91 Å². The van der Waals surface area contributed by atoms with Gasteiger partial charge in [0.05, 0.1) is 11.5 Å². The molecule has 1 fully saturated rings. The second-order valence-corrected chi connectivity index (χ2v) is 9.83. The van der Waals surface area contributed by atoms with Gasteiger partial charge in [-0.1, -0.05) is 19.9 Å². The normalized spacial score (nSPS) is 19.3. The summed E-state index contributed by atoms with van der Waals surface area (Å²) in [6, 6.07) is 5.26. The first-order valence-corrected chi connectivity index (χ1v) is 11.2. The van der Waals surface area contributed by atoms with Crippen LogP contribution in [0.3, 0.4) is 0 Å². The number of sulfone groups is 1. The van der Waals surface area contributed by atoms with Crippen LogP contribution in [-0.2, 0) is 24.2 Å². The Balaban J connectivity index is 1.85. The molecule has 1 aromatic rings. The first-order chi connectivity index (χ1) is 13.0. The molecule has 7 nitrogen and oxygen atoms in total. The van der Waals surface area contributed by atoms with Crippen LogP contribution < -0.4 is 4.74 Å². The molecule has 1 heterocycles. The minimum atomic E-state index is -3.10. The summed E-state index contributed by atoms with van der Waals surface area (Å²) in [5.74, 6) is -0.0906. The minimum absolute atomic E-state index is 0.0509. The molecule has 0 bridgehead atoms. The Morgan fingerprint density at radius 1 is 1.25 bits per heavy atom. The van der Waals surface area contributed by atoms with E-state index in [-0.39, 0.29) is 24.2 Å². The quantitative estimate of drug-likeness (QED) is 0.638. The summed E-state index contributed by atoms with van der Waals surface area (Å²) < 4.78 is 33.8. The van der Waals surface area contributed by atoms with Crippen molar-refractivity contribution in [3.8, 4) is 5.75 Å². The molecule has 0 N–H and O–H groups in total. The fourth-order valence-electron chi connectivity index (χ4n) is 3.36. The highest BCUT2D eigenvalue weighted by Crippen LogP contribution is 2.23. The lowest BCUT2D eigenvalue weighted by Crippen LogP contribution is -2.44. The van der Waals surface area contributed by atoms with Crippen molar-refractivity contribution in [1.82, 2.24) is 4.90 Å². The average molecular weight is 412 g/mol. The van der Waals surface area contributed by atoms with Crippen molar-refractivity contribution in [1.29, 1.82) is 0 Å². The number of esters is 1. The van der Waals surface area contributed by atoms with Gasteiger partial charge in [0.1, 0.15) is 5.75 Å². The summed E-state index contributed by atoms with van der Waals surface area (Å²) in [6.45, 7) is 7.37. The van der Waals surface area contributed by atoms with Crippen LogP contribution in [0.4, 0.5) is 0 Å². The van der Waals surface area contributed by atoms with E-state index >= 15 is 0 Å². The number of carbonyl (C=O) groups excluding carboxylic acids is 2. The summed E-state index contributed by atoms with van der Waals surface area (Å²) >= 11 is 0. The Morgan fingerprint density at radius 3 is 2.46 bits per heavy atom. The third-order valence-electron chi connectivity index (χ3n) is 4.98. The van der Waals surface area contributed by atoms with Crippen molar-refractivity contribution in [3.63, 3.8) is 0 Å². The molecular formula is C20H29NO6S. The van der Waals surface area contributed by atoms with E-state index < -0.39 is 27.8 Å². The van der Waals surface area contributed by atoms with E-state index in [1.165, 1.54) is 24.4 Å². The van der Waals surface area contributed by atoms with E-state index in [9.17, 15) is 18.0 Å². The number of aryl methyl sites for hydroxylation is 1. The molecule has 0 aliphatic carbocycles. The number of amides is 1. The van der Waals surface area contributed by atoms with E-state index in [4.69, 9.17) is 9.47 Å². The van der Waals surface area contributed by atoms with Crippen LogP contribution in [0.25, 0.3) is 0 Å². The highest BCUT2D eigenvalue weighted by Gasteiger charge is 2.34. The highest BCUT2D eigenvalue weighted by atomic mass is 32.2. The van der Waals surface area contributed by atoms with Gasteiger partial charge in [-0.25, -0.2) is 13.2 Å². The van der Waals surface area contributed by atoms with E-state index in [0.29, 0.717) is 18.1 Å². The third kappa shape index (κ3) is 5.70. The van der Waals surface area contributed by atoms with Gasteiger partial charge in [-0.05, 0) is 49.4 Å². The molecule has 1 aliphatic rings. The summed E-state index contributed by atoms with van der Waals surface area (Å²) in [5, 5.41) is 0. The number of benzene rings is 1. The van der Waals surface area contributed by atoms with Crippen LogP contribution in [0.1, 0.15) is 44.2 Å². The molecule has 0 unspecified atom stereocenters. The molecule has 8 heteroatoms. The van der Waals surface area contributed by atoms with Crippen LogP contribution in [0, 0.1) is 6.92 Å². The zero-order chi connectivity index (χ0) is 21.1. The van der Waals surface area contributed by atoms with Crippen molar-refractivity contribution < 1.29 is 27.5 Å². The molecule has 0 saturated carbocycles. The van der Waals surface area contributed by atoms with Gasteiger partial charge in [0.2, 0.25) is 0 Å². The zero-order valence-electron chi connectivity index (χ0n) is 17.1. The van der Waals surface area contributed by atoms with Crippen LogP contribution in [-0.4, -0.2) is 62.5 Å². The first kappa shape index (κ1) is 22.2. The number of nitrogens with zero attached hydrogens (tertiary/aromatic N) is 1. The maximum absolute atomic E-state index is 12.4. The SMILES string of the molecule is Cc1cc(OCC(=O)O[C@H](C)C(=O)N(C)[C@@H]2CCS(=O)(=O)C2)ccc1C(C)C. The summed E-state index contributed by atoms with van der Waals surface area (Å²) in [5.41, 5.74) is 2.30. The largest absolute Gasteiger partial charge is 0.482 e. The number of rotatable bonds is 7. The lowest BCUT2D eigenvalue weighted by atomic mass is 9.98. The molecule has 2 rings (SSSR count). The predicted octanol–water partition coefficient (Wildman–Crippen LogP) is 2.07. The van der Waals surface area contributed by atoms with Crippen molar-refractivity contribution in [3.05, 3.63) is 29.3 Å². The minimum Gasteiger partial charge on any atom is -0.482 e. The first-order valence-electron chi connectivity index (χ1n) is 9.40. The molecular weight excluding hydrogens is 382 g/mol. The fraction of sp³-hybridized carbons (Fsp3) is 0.600.